The van der Waals surface area contributed by atoms with Gasteiger partial charge in [0.2, 0.25) is 5.91 Å². The van der Waals surface area contributed by atoms with Crippen molar-refractivity contribution in [2.75, 3.05) is 19.7 Å². The minimum Gasteiger partial charge on any atom is -0.393 e. The predicted molar refractivity (Wildman–Crippen MR) is 76.4 cm³/mol. The van der Waals surface area contributed by atoms with Crippen LogP contribution in [0.25, 0.3) is 0 Å². The molecule has 1 rings (SSSR count). The largest absolute Gasteiger partial charge is 0.393 e. The summed E-state index contributed by atoms with van der Waals surface area (Å²) in [4.78, 5) is 14.6. The Morgan fingerprint density at radius 1 is 1.56 bits per heavy atom. The van der Waals surface area contributed by atoms with Crippen LogP contribution in [0.3, 0.4) is 0 Å². The van der Waals surface area contributed by atoms with E-state index < -0.39 is 0 Å². The lowest BCUT2D eigenvalue weighted by molar-refractivity contribution is -0.137. The van der Waals surface area contributed by atoms with E-state index in [0.717, 1.165) is 32.2 Å². The van der Waals surface area contributed by atoms with Crippen molar-refractivity contribution in [3.63, 3.8) is 0 Å². The average Bonchev–Trinajstić information content (AvgIpc) is 2.35. The monoisotopic (exact) mass is 272 g/mol. The Morgan fingerprint density at radius 3 is 2.83 bits per heavy atom. The van der Waals surface area contributed by atoms with Crippen LogP contribution in [0.2, 0.25) is 0 Å². The molecule has 4 nitrogen and oxygen atoms in total. The summed E-state index contributed by atoms with van der Waals surface area (Å²) < 4.78 is 5.61. The highest BCUT2D eigenvalue weighted by Gasteiger charge is 2.30. The molecule has 1 heterocycles. The molecule has 1 saturated heterocycles. The molecule has 1 aliphatic rings. The Kier molecular flexibility index (Phi) is 6.57. The molecule has 0 saturated carbocycles. The van der Waals surface area contributed by atoms with Crippen molar-refractivity contribution in [2.45, 2.75) is 45.6 Å². The molecule has 0 radical (unpaired) electrons. The highest BCUT2D eigenvalue weighted by atomic mass is 32.1. The van der Waals surface area contributed by atoms with Crippen LogP contribution in [0.5, 0.6) is 0 Å². The molecular formula is C13H24N2O2S. The number of piperidine rings is 1. The smallest absolute Gasteiger partial charge is 0.232 e. The Balaban J connectivity index is 2.60. The molecule has 18 heavy (non-hydrogen) atoms. The van der Waals surface area contributed by atoms with E-state index in [2.05, 4.69) is 0 Å². The van der Waals surface area contributed by atoms with Gasteiger partial charge >= 0.3 is 0 Å². The third-order valence-electron chi connectivity index (χ3n) is 3.31. The molecule has 1 aliphatic heterocycles. The zero-order chi connectivity index (χ0) is 13.5. The summed E-state index contributed by atoms with van der Waals surface area (Å²) in [6.07, 6.45) is 3.84. The van der Waals surface area contributed by atoms with Gasteiger partial charge in [-0.1, -0.05) is 25.6 Å². The van der Waals surface area contributed by atoms with E-state index in [9.17, 15) is 4.79 Å². The third-order valence-corrected chi connectivity index (χ3v) is 3.60. The molecule has 0 aromatic heterocycles. The van der Waals surface area contributed by atoms with Crippen LogP contribution in [-0.2, 0) is 9.53 Å². The molecule has 2 N–H and O–H groups in total. The fourth-order valence-electron chi connectivity index (χ4n) is 2.41. The van der Waals surface area contributed by atoms with E-state index in [1.165, 1.54) is 0 Å². The second-order valence-corrected chi connectivity index (χ2v) is 5.22. The maximum atomic E-state index is 12.4. The molecule has 104 valence electrons. The lowest BCUT2D eigenvalue weighted by Crippen LogP contribution is -2.48. The summed E-state index contributed by atoms with van der Waals surface area (Å²) in [7, 11) is 0. The first kappa shape index (κ1) is 15.4. The molecule has 1 fully saturated rings. The highest BCUT2D eigenvalue weighted by Crippen LogP contribution is 2.18. The molecule has 2 unspecified atom stereocenters. The number of thiocarbonyl (C=S) groups is 1. The second kappa shape index (κ2) is 7.69. The van der Waals surface area contributed by atoms with Crippen LogP contribution in [0, 0.1) is 5.92 Å². The van der Waals surface area contributed by atoms with Gasteiger partial charge in [0.05, 0.1) is 17.0 Å². The van der Waals surface area contributed by atoms with Crippen molar-refractivity contribution < 1.29 is 9.53 Å². The molecule has 1 amide bonds. The summed E-state index contributed by atoms with van der Waals surface area (Å²) in [5, 5.41) is 0. The number of nitrogens with two attached hydrogens (primary N) is 1. The minimum absolute atomic E-state index is 0.0775. The van der Waals surface area contributed by atoms with Crippen molar-refractivity contribution >= 4 is 23.1 Å². The van der Waals surface area contributed by atoms with Gasteiger partial charge in [-0.15, -0.1) is 0 Å². The van der Waals surface area contributed by atoms with Crippen LogP contribution in [-0.4, -0.2) is 41.6 Å². The summed E-state index contributed by atoms with van der Waals surface area (Å²) in [6.45, 7) is 6.19. The van der Waals surface area contributed by atoms with Crippen LogP contribution in [0.4, 0.5) is 0 Å². The molecule has 0 aromatic carbocycles. The molecule has 2 atom stereocenters. The van der Waals surface area contributed by atoms with Gasteiger partial charge < -0.3 is 15.4 Å². The molecular weight excluding hydrogens is 248 g/mol. The van der Waals surface area contributed by atoms with Gasteiger partial charge in [-0.05, 0) is 26.2 Å². The summed E-state index contributed by atoms with van der Waals surface area (Å²) in [6, 6.07) is 0. The number of ether oxygens (including phenoxy) is 1. The fraction of sp³-hybridized carbons (Fsp3) is 0.846. The van der Waals surface area contributed by atoms with Crippen LogP contribution in [0.1, 0.15) is 39.5 Å². The topological polar surface area (TPSA) is 55.6 Å². The highest BCUT2D eigenvalue weighted by molar-refractivity contribution is 7.80. The zero-order valence-corrected chi connectivity index (χ0v) is 12.2. The number of rotatable bonds is 6. The van der Waals surface area contributed by atoms with E-state index >= 15 is 0 Å². The summed E-state index contributed by atoms with van der Waals surface area (Å²) >= 11 is 5.01. The van der Waals surface area contributed by atoms with Gasteiger partial charge in [-0.25, -0.2) is 0 Å². The lowest BCUT2D eigenvalue weighted by Gasteiger charge is -2.34. The maximum Gasteiger partial charge on any atom is 0.232 e. The zero-order valence-electron chi connectivity index (χ0n) is 11.4. The average molecular weight is 272 g/mol. The predicted octanol–water partition coefficient (Wildman–Crippen LogP) is 1.72. The number of amides is 1. The minimum atomic E-state index is -0.301. The van der Waals surface area contributed by atoms with Crippen molar-refractivity contribution in [3.05, 3.63) is 0 Å². The van der Waals surface area contributed by atoms with Crippen LogP contribution in [0.15, 0.2) is 0 Å². The van der Waals surface area contributed by atoms with Gasteiger partial charge in [-0.3, -0.25) is 4.79 Å². The van der Waals surface area contributed by atoms with Gasteiger partial charge in [-0.2, -0.15) is 0 Å². The fourth-order valence-corrected chi connectivity index (χ4v) is 2.63. The van der Waals surface area contributed by atoms with Crippen molar-refractivity contribution in [1.82, 2.24) is 4.90 Å². The van der Waals surface area contributed by atoms with E-state index in [1.54, 1.807) is 0 Å². The quantitative estimate of drug-likeness (QED) is 0.748. The number of carbonyl (C=O) groups is 1. The maximum absolute atomic E-state index is 12.4. The first-order chi connectivity index (χ1) is 8.60. The number of hydrogen-bond acceptors (Lipinski definition) is 3. The van der Waals surface area contributed by atoms with Crippen LogP contribution >= 0.6 is 12.2 Å². The molecule has 0 spiro atoms. The van der Waals surface area contributed by atoms with Gasteiger partial charge in [0.1, 0.15) is 0 Å². The molecule has 0 aliphatic carbocycles. The van der Waals surface area contributed by atoms with Crippen molar-refractivity contribution in [1.29, 1.82) is 0 Å². The second-order valence-electron chi connectivity index (χ2n) is 4.75. The molecule has 5 heteroatoms. The molecule has 0 bridgehead atoms. The van der Waals surface area contributed by atoms with Gasteiger partial charge in [0, 0.05) is 19.7 Å². The van der Waals surface area contributed by atoms with Crippen molar-refractivity contribution in [3.8, 4) is 0 Å². The lowest BCUT2D eigenvalue weighted by atomic mass is 9.99. The Hall–Kier alpha value is -0.680. The summed E-state index contributed by atoms with van der Waals surface area (Å²) in [5.41, 5.74) is 5.68. The van der Waals surface area contributed by atoms with Gasteiger partial charge in [0.15, 0.2) is 0 Å². The van der Waals surface area contributed by atoms with E-state index in [0.29, 0.717) is 18.1 Å². The first-order valence-corrected chi connectivity index (χ1v) is 7.20. The first-order valence-electron chi connectivity index (χ1n) is 6.79. The van der Waals surface area contributed by atoms with E-state index in [4.69, 9.17) is 22.7 Å². The van der Waals surface area contributed by atoms with E-state index in [-0.39, 0.29) is 17.9 Å². The van der Waals surface area contributed by atoms with Gasteiger partial charge in [0.25, 0.3) is 0 Å². The van der Waals surface area contributed by atoms with E-state index in [1.807, 2.05) is 18.7 Å². The Bertz CT molecular complexity index is 295. The Morgan fingerprint density at radius 2 is 2.28 bits per heavy atom. The summed E-state index contributed by atoms with van der Waals surface area (Å²) in [5.74, 6) is -0.223. The number of carbonyl (C=O) groups excluding carboxylic acids is 1. The number of nitrogens with zero attached hydrogens (tertiary/aromatic N) is 1. The number of hydrogen-bond donors (Lipinski definition) is 1. The SMILES string of the molecule is CCCC(C(=O)N1CCCC(OCC)C1)C(N)=S. The van der Waals surface area contributed by atoms with Crippen molar-refractivity contribution in [2.24, 2.45) is 11.7 Å². The third kappa shape index (κ3) is 4.21. The standard InChI is InChI=1S/C13H24N2O2S/c1-3-6-11(12(14)18)13(16)15-8-5-7-10(9-15)17-4-2/h10-11H,3-9H2,1-2H3,(H2,14,18). The number of likely N-dealkylation sites (tertiary alicyclic amines) is 1. The Labute approximate surface area is 115 Å². The normalized spacial score (nSPS) is 21.7. The molecule has 0 aromatic rings. The van der Waals surface area contributed by atoms with Crippen LogP contribution < -0.4 is 5.73 Å².